The Labute approximate surface area is 191 Å². The molecule has 0 aliphatic heterocycles. The predicted octanol–water partition coefficient (Wildman–Crippen LogP) is 5.33. The van der Waals surface area contributed by atoms with E-state index in [9.17, 15) is 13.2 Å². The van der Waals surface area contributed by atoms with E-state index < -0.39 is 6.36 Å². The van der Waals surface area contributed by atoms with Crippen LogP contribution in [0.1, 0.15) is 31.2 Å². The maximum Gasteiger partial charge on any atom is 0.573 e. The molecule has 0 atom stereocenters. The van der Waals surface area contributed by atoms with Crippen LogP contribution >= 0.6 is 0 Å². The molecule has 4 rings (SSSR count). The highest BCUT2D eigenvalue weighted by molar-refractivity contribution is 5.89. The Morgan fingerprint density at radius 1 is 0.970 bits per heavy atom. The minimum Gasteiger partial charge on any atom is -0.405 e. The van der Waals surface area contributed by atoms with Crippen LogP contribution in [0.25, 0.3) is 10.9 Å². The molecule has 1 aliphatic rings. The molecule has 1 aliphatic carbocycles. The van der Waals surface area contributed by atoms with Crippen LogP contribution in [0.15, 0.2) is 48.5 Å². The second-order valence-electron chi connectivity index (χ2n) is 8.31. The van der Waals surface area contributed by atoms with Crippen molar-refractivity contribution in [1.29, 1.82) is 0 Å². The summed E-state index contributed by atoms with van der Waals surface area (Å²) in [5, 5.41) is 10.9. The first-order valence-electron chi connectivity index (χ1n) is 11.2. The Hall–Kier alpha value is -3.07. The quantitative estimate of drug-likeness (QED) is 0.423. The summed E-state index contributed by atoms with van der Waals surface area (Å²) in [6.45, 7) is 1.09. The van der Waals surface area contributed by atoms with E-state index in [0.29, 0.717) is 30.0 Å². The first-order valence-corrected chi connectivity index (χ1v) is 11.2. The van der Waals surface area contributed by atoms with Crippen LogP contribution in [0, 0.1) is 5.92 Å². The van der Waals surface area contributed by atoms with Crippen molar-refractivity contribution in [3.05, 3.63) is 54.1 Å². The molecule has 0 amide bonds. The van der Waals surface area contributed by atoms with E-state index in [-0.39, 0.29) is 5.75 Å². The lowest BCUT2D eigenvalue weighted by Crippen LogP contribution is -2.31. The number of ether oxygens (including phenoxy) is 1. The maximum atomic E-state index is 12.6. The number of nitrogens with zero attached hydrogens (tertiary/aromatic N) is 2. The van der Waals surface area contributed by atoms with Gasteiger partial charge in [0.1, 0.15) is 11.6 Å². The van der Waals surface area contributed by atoms with Crippen LogP contribution in [-0.4, -0.2) is 36.0 Å². The molecule has 0 saturated heterocycles. The summed E-state index contributed by atoms with van der Waals surface area (Å²) in [5.74, 6) is 1.75. The number of fused-ring (bicyclic) bond motifs is 1. The van der Waals surface area contributed by atoms with E-state index in [0.717, 1.165) is 48.9 Å². The van der Waals surface area contributed by atoms with Crippen molar-refractivity contribution < 1.29 is 17.9 Å². The molecule has 9 heteroatoms. The lowest BCUT2D eigenvalue weighted by molar-refractivity contribution is -0.274. The summed E-state index contributed by atoms with van der Waals surface area (Å²) in [7, 11) is 1.85. The number of nitrogens with one attached hydrogen (secondary N) is 3. The second kappa shape index (κ2) is 10.2. The van der Waals surface area contributed by atoms with Crippen LogP contribution in [0.2, 0.25) is 0 Å². The minimum absolute atomic E-state index is 0.151. The SMILES string of the molecule is CNc1nc(N[C@H]2CC[C@@H](CNCc3ccccc3OC(F)(F)F)CC2)nc2ccccc12. The standard InChI is InChI=1S/C24H28F3N5O/c1-28-22-19-7-3-4-8-20(19)31-23(32-22)30-18-12-10-16(11-13-18)14-29-15-17-6-2-5-9-21(17)33-24(25,26)27/h2-9,16,18,29H,10-15H2,1H3,(H2,28,30,31,32)/t16-,18+. The number of hydrogen-bond acceptors (Lipinski definition) is 6. The van der Waals surface area contributed by atoms with E-state index in [2.05, 4.69) is 30.7 Å². The van der Waals surface area contributed by atoms with Crippen molar-refractivity contribution in [3.8, 4) is 5.75 Å². The molecule has 176 valence electrons. The molecule has 1 fully saturated rings. The normalized spacial score (nSPS) is 18.8. The molecule has 0 bridgehead atoms. The number of benzene rings is 2. The number of para-hydroxylation sites is 2. The van der Waals surface area contributed by atoms with Crippen molar-refractivity contribution in [2.75, 3.05) is 24.2 Å². The van der Waals surface area contributed by atoms with E-state index in [1.807, 2.05) is 31.3 Å². The zero-order chi connectivity index (χ0) is 23.3. The predicted molar refractivity (Wildman–Crippen MR) is 123 cm³/mol. The van der Waals surface area contributed by atoms with Crippen molar-refractivity contribution in [2.45, 2.75) is 44.6 Å². The van der Waals surface area contributed by atoms with Gasteiger partial charge in [-0.3, -0.25) is 0 Å². The fourth-order valence-electron chi connectivity index (χ4n) is 4.31. The van der Waals surface area contributed by atoms with Gasteiger partial charge in [-0.2, -0.15) is 4.98 Å². The zero-order valence-electron chi connectivity index (χ0n) is 18.5. The van der Waals surface area contributed by atoms with Crippen LogP contribution in [0.3, 0.4) is 0 Å². The average Bonchev–Trinajstić information content (AvgIpc) is 2.80. The molecule has 6 nitrogen and oxygen atoms in total. The fraction of sp³-hybridized carbons (Fsp3) is 0.417. The summed E-state index contributed by atoms with van der Waals surface area (Å²) in [6.07, 6.45) is -0.657. The number of hydrogen-bond donors (Lipinski definition) is 3. The van der Waals surface area contributed by atoms with Gasteiger partial charge >= 0.3 is 6.36 Å². The van der Waals surface area contributed by atoms with Crippen LogP contribution in [0.5, 0.6) is 5.75 Å². The van der Waals surface area contributed by atoms with Gasteiger partial charge in [0.2, 0.25) is 5.95 Å². The second-order valence-corrected chi connectivity index (χ2v) is 8.31. The van der Waals surface area contributed by atoms with E-state index in [1.54, 1.807) is 12.1 Å². The van der Waals surface area contributed by atoms with Crippen LogP contribution in [-0.2, 0) is 6.54 Å². The van der Waals surface area contributed by atoms with E-state index >= 15 is 0 Å². The summed E-state index contributed by atoms with van der Waals surface area (Å²) in [4.78, 5) is 9.26. The van der Waals surface area contributed by atoms with E-state index in [4.69, 9.17) is 0 Å². The molecule has 3 N–H and O–H groups in total. The van der Waals surface area contributed by atoms with Crippen LogP contribution < -0.4 is 20.7 Å². The highest BCUT2D eigenvalue weighted by atomic mass is 19.4. The van der Waals surface area contributed by atoms with Gasteiger partial charge in [0.15, 0.2) is 0 Å². The first-order chi connectivity index (χ1) is 15.9. The van der Waals surface area contributed by atoms with Gasteiger partial charge in [-0.15, -0.1) is 13.2 Å². The third-order valence-corrected chi connectivity index (χ3v) is 5.97. The summed E-state index contributed by atoms with van der Waals surface area (Å²) in [6, 6.07) is 14.5. The Morgan fingerprint density at radius 2 is 1.70 bits per heavy atom. The highest BCUT2D eigenvalue weighted by Gasteiger charge is 2.32. The maximum absolute atomic E-state index is 12.6. The molecule has 2 aromatic carbocycles. The summed E-state index contributed by atoms with van der Waals surface area (Å²) < 4.78 is 41.9. The van der Waals surface area contributed by atoms with Crippen molar-refractivity contribution in [2.24, 2.45) is 5.92 Å². The zero-order valence-corrected chi connectivity index (χ0v) is 18.5. The molecule has 33 heavy (non-hydrogen) atoms. The number of anilines is 2. The third kappa shape index (κ3) is 6.25. The molecule has 1 saturated carbocycles. The first kappa shape index (κ1) is 23.1. The van der Waals surface area contributed by atoms with Gasteiger partial charge in [0.25, 0.3) is 0 Å². The van der Waals surface area contributed by atoms with Gasteiger partial charge in [-0.25, -0.2) is 4.98 Å². The number of halogens is 3. The van der Waals surface area contributed by atoms with Gasteiger partial charge < -0.3 is 20.7 Å². The molecule has 0 radical (unpaired) electrons. The molecular formula is C24H28F3N5O. The van der Waals surface area contributed by atoms with Gasteiger partial charge in [-0.1, -0.05) is 30.3 Å². The molecule has 1 heterocycles. The fourth-order valence-corrected chi connectivity index (χ4v) is 4.31. The smallest absolute Gasteiger partial charge is 0.405 e. The largest absolute Gasteiger partial charge is 0.573 e. The molecule has 1 aromatic heterocycles. The Morgan fingerprint density at radius 3 is 2.45 bits per heavy atom. The third-order valence-electron chi connectivity index (χ3n) is 5.97. The Balaban J connectivity index is 1.26. The van der Waals surface area contributed by atoms with Crippen molar-refractivity contribution in [1.82, 2.24) is 15.3 Å². The Kier molecular flexibility index (Phi) is 7.17. The molecule has 3 aromatic rings. The Bertz CT molecular complexity index is 1070. The monoisotopic (exact) mass is 459 g/mol. The molecule has 0 spiro atoms. The van der Waals surface area contributed by atoms with E-state index in [1.165, 1.54) is 12.1 Å². The average molecular weight is 460 g/mol. The van der Waals surface area contributed by atoms with Crippen molar-refractivity contribution in [3.63, 3.8) is 0 Å². The topological polar surface area (TPSA) is 71.1 Å². The number of alkyl halides is 3. The number of aromatic nitrogens is 2. The molecule has 0 unspecified atom stereocenters. The van der Waals surface area contributed by atoms with Gasteiger partial charge in [-0.05, 0) is 56.3 Å². The van der Waals surface area contributed by atoms with Crippen molar-refractivity contribution >= 4 is 22.7 Å². The summed E-state index contributed by atoms with van der Waals surface area (Å²) >= 11 is 0. The minimum atomic E-state index is -4.69. The lowest BCUT2D eigenvalue weighted by Gasteiger charge is -2.29. The highest BCUT2D eigenvalue weighted by Crippen LogP contribution is 2.29. The van der Waals surface area contributed by atoms with Gasteiger partial charge in [0, 0.05) is 30.6 Å². The molecular weight excluding hydrogens is 431 g/mol. The number of rotatable bonds is 8. The lowest BCUT2D eigenvalue weighted by atomic mass is 9.86. The summed E-state index contributed by atoms with van der Waals surface area (Å²) in [5.41, 5.74) is 1.39. The van der Waals surface area contributed by atoms with Crippen LogP contribution in [0.4, 0.5) is 24.9 Å². The van der Waals surface area contributed by atoms with Gasteiger partial charge in [0.05, 0.1) is 5.52 Å².